The Labute approximate surface area is 98.9 Å². The number of carbonyl (C=O) groups is 1. The highest BCUT2D eigenvalue weighted by Crippen LogP contribution is 2.53. The fraction of sp³-hybridized carbons (Fsp3) is 0.462. The van der Waals surface area contributed by atoms with Crippen molar-refractivity contribution in [1.29, 1.82) is 0 Å². The standard InChI is InChI=1S/C13H15FO3/c1-7-5-9(8(2)12(17)11(7)14)13(3-4-13)6-10(15)16/h5,17H,3-4,6H2,1-2H3,(H,15,16). The van der Waals surface area contributed by atoms with E-state index in [4.69, 9.17) is 5.11 Å². The van der Waals surface area contributed by atoms with Gasteiger partial charge in [-0.25, -0.2) is 4.39 Å². The average Bonchev–Trinajstić information content (AvgIpc) is 3.00. The molecule has 2 N–H and O–H groups in total. The number of aliphatic carboxylic acids is 1. The van der Waals surface area contributed by atoms with Crippen LogP contribution in [0.3, 0.4) is 0 Å². The molecule has 1 aliphatic rings. The predicted octanol–water partition coefficient (Wildman–Crippen LogP) is 2.65. The molecule has 0 unspecified atom stereocenters. The lowest BCUT2D eigenvalue weighted by molar-refractivity contribution is -0.137. The normalized spacial score (nSPS) is 16.9. The Morgan fingerprint density at radius 1 is 1.47 bits per heavy atom. The first-order valence-electron chi connectivity index (χ1n) is 5.58. The lowest BCUT2D eigenvalue weighted by Crippen LogP contribution is -2.15. The fourth-order valence-corrected chi connectivity index (χ4v) is 2.40. The first-order chi connectivity index (χ1) is 7.87. The van der Waals surface area contributed by atoms with Gasteiger partial charge in [0.2, 0.25) is 0 Å². The van der Waals surface area contributed by atoms with Crippen LogP contribution in [0.2, 0.25) is 0 Å². The van der Waals surface area contributed by atoms with Crippen LogP contribution in [0.25, 0.3) is 0 Å². The van der Waals surface area contributed by atoms with Gasteiger partial charge in [0.25, 0.3) is 0 Å². The maximum Gasteiger partial charge on any atom is 0.304 e. The van der Waals surface area contributed by atoms with Gasteiger partial charge < -0.3 is 10.2 Å². The van der Waals surface area contributed by atoms with Crippen LogP contribution in [0.1, 0.15) is 36.0 Å². The summed E-state index contributed by atoms with van der Waals surface area (Å²) in [5.41, 5.74) is 1.20. The van der Waals surface area contributed by atoms with Crippen molar-refractivity contribution in [3.63, 3.8) is 0 Å². The third kappa shape index (κ3) is 1.88. The molecule has 1 aromatic rings. The lowest BCUT2D eigenvalue weighted by atomic mass is 9.87. The number of carboxylic acids is 1. The van der Waals surface area contributed by atoms with E-state index < -0.39 is 17.2 Å². The molecule has 0 spiro atoms. The van der Waals surface area contributed by atoms with Gasteiger partial charge in [0.15, 0.2) is 11.6 Å². The predicted molar refractivity (Wildman–Crippen MR) is 60.7 cm³/mol. The van der Waals surface area contributed by atoms with Gasteiger partial charge in [-0.3, -0.25) is 4.79 Å². The molecule has 2 rings (SSSR count). The number of carboxylic acid groups (broad SMARTS) is 1. The molecule has 1 aromatic carbocycles. The van der Waals surface area contributed by atoms with Crippen molar-refractivity contribution in [2.45, 2.75) is 38.5 Å². The van der Waals surface area contributed by atoms with E-state index in [0.29, 0.717) is 11.1 Å². The molecule has 92 valence electrons. The molecule has 0 radical (unpaired) electrons. The van der Waals surface area contributed by atoms with Crippen LogP contribution in [0.4, 0.5) is 4.39 Å². The van der Waals surface area contributed by atoms with E-state index in [1.807, 2.05) is 0 Å². The molecule has 0 aromatic heterocycles. The average molecular weight is 238 g/mol. The van der Waals surface area contributed by atoms with E-state index in [2.05, 4.69) is 0 Å². The Morgan fingerprint density at radius 2 is 2.06 bits per heavy atom. The SMILES string of the molecule is Cc1cc(C2(CC(=O)O)CC2)c(C)c(O)c1F. The Hall–Kier alpha value is -1.58. The van der Waals surface area contributed by atoms with Crippen molar-refractivity contribution < 1.29 is 19.4 Å². The molecular formula is C13H15FO3. The van der Waals surface area contributed by atoms with Crippen molar-refractivity contribution >= 4 is 5.97 Å². The minimum atomic E-state index is -0.858. The molecule has 1 aliphatic carbocycles. The highest BCUT2D eigenvalue weighted by atomic mass is 19.1. The Bertz CT molecular complexity index is 490. The number of benzene rings is 1. The van der Waals surface area contributed by atoms with E-state index in [9.17, 15) is 14.3 Å². The summed E-state index contributed by atoms with van der Waals surface area (Å²) in [7, 11) is 0. The van der Waals surface area contributed by atoms with Crippen LogP contribution < -0.4 is 0 Å². The largest absolute Gasteiger partial charge is 0.505 e. The Morgan fingerprint density at radius 3 is 2.53 bits per heavy atom. The van der Waals surface area contributed by atoms with Gasteiger partial charge in [0, 0.05) is 5.41 Å². The zero-order valence-corrected chi connectivity index (χ0v) is 9.88. The summed E-state index contributed by atoms with van der Waals surface area (Å²) in [6.45, 7) is 3.21. The van der Waals surface area contributed by atoms with Gasteiger partial charge in [0.05, 0.1) is 6.42 Å². The number of hydrogen-bond donors (Lipinski definition) is 2. The van der Waals surface area contributed by atoms with Crippen LogP contribution in [0.15, 0.2) is 6.07 Å². The number of phenols is 1. The number of phenolic OH excluding ortho intramolecular Hbond substituents is 1. The second-order valence-electron chi connectivity index (χ2n) is 4.88. The molecule has 0 atom stereocenters. The molecule has 0 aliphatic heterocycles. The summed E-state index contributed by atoms with van der Waals surface area (Å²) in [6, 6.07) is 1.67. The second kappa shape index (κ2) is 3.72. The maximum atomic E-state index is 13.5. The van der Waals surface area contributed by atoms with Crippen LogP contribution >= 0.6 is 0 Å². The number of halogens is 1. The van der Waals surface area contributed by atoms with E-state index in [1.54, 1.807) is 19.9 Å². The summed E-state index contributed by atoms with van der Waals surface area (Å²) in [6.07, 6.45) is 1.60. The zero-order valence-electron chi connectivity index (χ0n) is 9.88. The van der Waals surface area contributed by atoms with Gasteiger partial charge in [-0.1, -0.05) is 6.07 Å². The van der Waals surface area contributed by atoms with E-state index >= 15 is 0 Å². The van der Waals surface area contributed by atoms with Crippen LogP contribution in [0.5, 0.6) is 5.75 Å². The van der Waals surface area contributed by atoms with E-state index in [-0.39, 0.29) is 12.2 Å². The summed E-state index contributed by atoms with van der Waals surface area (Å²) in [5.74, 6) is -1.82. The molecule has 0 saturated heterocycles. The smallest absolute Gasteiger partial charge is 0.304 e. The zero-order chi connectivity index (χ0) is 12.8. The van der Waals surface area contributed by atoms with Crippen molar-refractivity contribution in [2.24, 2.45) is 0 Å². The molecule has 1 fully saturated rings. The summed E-state index contributed by atoms with van der Waals surface area (Å²) < 4.78 is 13.5. The topological polar surface area (TPSA) is 57.5 Å². The molecule has 0 amide bonds. The quantitative estimate of drug-likeness (QED) is 0.851. The summed E-state index contributed by atoms with van der Waals surface area (Å²) in [4.78, 5) is 10.8. The van der Waals surface area contributed by atoms with E-state index in [1.165, 1.54) is 0 Å². The molecule has 3 nitrogen and oxygen atoms in total. The third-order valence-electron chi connectivity index (χ3n) is 3.59. The third-order valence-corrected chi connectivity index (χ3v) is 3.59. The number of aryl methyl sites for hydroxylation is 1. The molecule has 0 heterocycles. The van der Waals surface area contributed by atoms with Gasteiger partial charge in [-0.2, -0.15) is 0 Å². The van der Waals surface area contributed by atoms with Crippen molar-refractivity contribution in [2.75, 3.05) is 0 Å². The second-order valence-corrected chi connectivity index (χ2v) is 4.88. The van der Waals surface area contributed by atoms with Gasteiger partial charge in [-0.15, -0.1) is 0 Å². The molecule has 1 saturated carbocycles. The van der Waals surface area contributed by atoms with Gasteiger partial charge in [-0.05, 0) is 43.4 Å². The molecule has 17 heavy (non-hydrogen) atoms. The van der Waals surface area contributed by atoms with Crippen LogP contribution in [-0.2, 0) is 10.2 Å². The summed E-state index contributed by atoms with van der Waals surface area (Å²) in [5, 5.41) is 18.6. The van der Waals surface area contributed by atoms with Crippen LogP contribution in [0, 0.1) is 19.7 Å². The highest BCUT2D eigenvalue weighted by Gasteiger charge is 2.47. The summed E-state index contributed by atoms with van der Waals surface area (Å²) >= 11 is 0. The van der Waals surface area contributed by atoms with Crippen molar-refractivity contribution in [1.82, 2.24) is 0 Å². The first kappa shape index (κ1) is 11.9. The number of rotatable bonds is 3. The Balaban J connectivity index is 2.50. The fourth-order valence-electron chi connectivity index (χ4n) is 2.40. The van der Waals surface area contributed by atoms with Gasteiger partial charge >= 0.3 is 5.97 Å². The van der Waals surface area contributed by atoms with Crippen molar-refractivity contribution in [3.05, 3.63) is 28.6 Å². The van der Waals surface area contributed by atoms with Gasteiger partial charge in [0.1, 0.15) is 0 Å². The van der Waals surface area contributed by atoms with Crippen LogP contribution in [-0.4, -0.2) is 16.2 Å². The monoisotopic (exact) mass is 238 g/mol. The lowest BCUT2D eigenvalue weighted by Gasteiger charge is -2.18. The van der Waals surface area contributed by atoms with E-state index in [0.717, 1.165) is 18.4 Å². The minimum absolute atomic E-state index is 0.0400. The minimum Gasteiger partial charge on any atom is -0.505 e. The highest BCUT2D eigenvalue weighted by molar-refractivity contribution is 5.70. The number of hydrogen-bond acceptors (Lipinski definition) is 2. The maximum absolute atomic E-state index is 13.5. The van der Waals surface area contributed by atoms with Crippen molar-refractivity contribution in [3.8, 4) is 5.75 Å². The molecule has 0 bridgehead atoms. The molecular weight excluding hydrogens is 223 g/mol. The molecule has 4 heteroatoms. The Kier molecular flexibility index (Phi) is 2.60. The number of aromatic hydroxyl groups is 1. The first-order valence-corrected chi connectivity index (χ1v) is 5.58.